The average molecular weight is 247 g/mol. The Balaban J connectivity index is 2.75. The van der Waals surface area contributed by atoms with E-state index in [4.69, 9.17) is 5.11 Å². The van der Waals surface area contributed by atoms with Gasteiger partial charge in [0.15, 0.2) is 0 Å². The first-order valence-electron chi connectivity index (χ1n) is 5.83. The Morgan fingerprint density at radius 3 is 2.50 bits per heavy atom. The van der Waals surface area contributed by atoms with Crippen molar-refractivity contribution in [3.8, 4) is 0 Å². The maximum absolute atomic E-state index is 12.0. The summed E-state index contributed by atoms with van der Waals surface area (Å²) in [6.45, 7) is 3.28. The molecule has 0 saturated carbocycles. The molecule has 0 unspecified atom stereocenters. The normalized spacial score (nSPS) is 9.78. The fourth-order valence-corrected chi connectivity index (χ4v) is 1.60. The molecule has 1 amide bonds. The predicted octanol–water partition coefficient (Wildman–Crippen LogP) is 2.46. The lowest BCUT2D eigenvalue weighted by atomic mass is 10.2. The van der Waals surface area contributed by atoms with Crippen molar-refractivity contribution in [3.05, 3.63) is 43.0 Å². The molecule has 0 atom stereocenters. The lowest BCUT2D eigenvalue weighted by Crippen LogP contribution is -2.35. The largest absolute Gasteiger partial charge is 0.480 e. The minimum Gasteiger partial charge on any atom is -0.480 e. The van der Waals surface area contributed by atoms with Gasteiger partial charge in [-0.25, -0.2) is 0 Å². The second-order valence-corrected chi connectivity index (χ2v) is 3.89. The highest BCUT2D eigenvalue weighted by molar-refractivity contribution is 5.97. The summed E-state index contributed by atoms with van der Waals surface area (Å²) in [6, 6.07) is 8.84. The van der Waals surface area contributed by atoms with Crippen LogP contribution in [0.1, 0.15) is 19.3 Å². The summed E-state index contributed by atoms with van der Waals surface area (Å²) in [6.07, 6.45) is 3.51. The molecule has 0 aliphatic carbocycles. The summed E-state index contributed by atoms with van der Waals surface area (Å²) in [5, 5.41) is 8.86. The number of hydrogen-bond donors (Lipinski definition) is 1. The van der Waals surface area contributed by atoms with Crippen molar-refractivity contribution >= 4 is 17.6 Å². The Bertz CT molecular complexity index is 414. The van der Waals surface area contributed by atoms with Crippen molar-refractivity contribution in [2.75, 3.05) is 11.4 Å². The maximum Gasteiger partial charge on any atom is 0.323 e. The Labute approximate surface area is 107 Å². The van der Waals surface area contributed by atoms with Gasteiger partial charge in [-0.15, -0.1) is 6.58 Å². The summed E-state index contributed by atoms with van der Waals surface area (Å²) >= 11 is 0. The van der Waals surface area contributed by atoms with Gasteiger partial charge in [-0.1, -0.05) is 24.3 Å². The van der Waals surface area contributed by atoms with Gasteiger partial charge in [0, 0.05) is 12.1 Å². The molecule has 1 aromatic rings. The first-order valence-corrected chi connectivity index (χ1v) is 5.83. The molecule has 1 aromatic carbocycles. The van der Waals surface area contributed by atoms with E-state index < -0.39 is 5.97 Å². The van der Waals surface area contributed by atoms with Gasteiger partial charge in [0.05, 0.1) is 0 Å². The van der Waals surface area contributed by atoms with E-state index in [9.17, 15) is 9.59 Å². The minimum absolute atomic E-state index is 0.176. The summed E-state index contributed by atoms with van der Waals surface area (Å²) in [4.78, 5) is 24.1. The molecular formula is C14H17NO3. The highest BCUT2D eigenvalue weighted by Crippen LogP contribution is 2.15. The molecule has 18 heavy (non-hydrogen) atoms. The van der Waals surface area contributed by atoms with Crippen LogP contribution in [0.5, 0.6) is 0 Å². The van der Waals surface area contributed by atoms with Gasteiger partial charge in [-0.3, -0.25) is 9.59 Å². The third-order valence-electron chi connectivity index (χ3n) is 2.46. The number of carboxylic acids is 1. The summed E-state index contributed by atoms with van der Waals surface area (Å²) in [7, 11) is 0. The van der Waals surface area contributed by atoms with Gasteiger partial charge in [0.1, 0.15) is 6.54 Å². The van der Waals surface area contributed by atoms with Gasteiger partial charge in [0.25, 0.3) is 0 Å². The maximum atomic E-state index is 12.0. The van der Waals surface area contributed by atoms with Crippen molar-refractivity contribution in [2.45, 2.75) is 19.3 Å². The van der Waals surface area contributed by atoms with E-state index in [0.29, 0.717) is 18.5 Å². The van der Waals surface area contributed by atoms with E-state index in [1.807, 2.05) is 6.07 Å². The lowest BCUT2D eigenvalue weighted by molar-refractivity contribution is -0.136. The van der Waals surface area contributed by atoms with Crippen LogP contribution in [0.15, 0.2) is 43.0 Å². The Morgan fingerprint density at radius 1 is 1.28 bits per heavy atom. The third kappa shape index (κ3) is 4.41. The number of carbonyl (C=O) groups excluding carboxylic acids is 1. The Morgan fingerprint density at radius 2 is 1.94 bits per heavy atom. The molecule has 0 bridgehead atoms. The molecular weight excluding hydrogens is 230 g/mol. The number of benzene rings is 1. The van der Waals surface area contributed by atoms with Crippen LogP contribution in [0.2, 0.25) is 0 Å². The van der Waals surface area contributed by atoms with Crippen molar-refractivity contribution in [1.82, 2.24) is 0 Å². The van der Waals surface area contributed by atoms with Crippen LogP contribution >= 0.6 is 0 Å². The number of aliphatic carboxylic acids is 1. The first kappa shape index (κ1) is 14.0. The molecule has 4 heteroatoms. The van der Waals surface area contributed by atoms with Crippen LogP contribution in [0.25, 0.3) is 0 Å². The zero-order valence-corrected chi connectivity index (χ0v) is 10.2. The topological polar surface area (TPSA) is 57.6 Å². The van der Waals surface area contributed by atoms with Crippen molar-refractivity contribution in [1.29, 1.82) is 0 Å². The average Bonchev–Trinajstić information content (AvgIpc) is 2.37. The van der Waals surface area contributed by atoms with Gasteiger partial charge in [0.2, 0.25) is 5.91 Å². The zero-order valence-electron chi connectivity index (χ0n) is 10.2. The third-order valence-corrected chi connectivity index (χ3v) is 2.46. The molecule has 0 aliphatic heterocycles. The van der Waals surface area contributed by atoms with E-state index in [0.717, 1.165) is 6.42 Å². The summed E-state index contributed by atoms with van der Waals surface area (Å²) in [5.41, 5.74) is 0.614. The molecule has 0 aromatic heterocycles. The van der Waals surface area contributed by atoms with Crippen molar-refractivity contribution in [2.24, 2.45) is 0 Å². The number of para-hydroxylation sites is 1. The minimum atomic E-state index is -1.02. The molecule has 96 valence electrons. The Hall–Kier alpha value is -2.10. The molecule has 0 saturated heterocycles. The van der Waals surface area contributed by atoms with E-state index in [2.05, 4.69) is 6.58 Å². The number of carbonyl (C=O) groups is 2. The van der Waals surface area contributed by atoms with Gasteiger partial charge >= 0.3 is 5.97 Å². The molecule has 0 fully saturated rings. The fourth-order valence-electron chi connectivity index (χ4n) is 1.60. The molecule has 0 spiro atoms. The molecule has 0 radical (unpaired) electrons. The van der Waals surface area contributed by atoms with Crippen molar-refractivity contribution < 1.29 is 14.7 Å². The van der Waals surface area contributed by atoms with E-state index in [1.54, 1.807) is 30.3 Å². The zero-order chi connectivity index (χ0) is 13.4. The number of allylic oxidation sites excluding steroid dienone is 1. The van der Waals surface area contributed by atoms with Crippen LogP contribution in [0.4, 0.5) is 5.69 Å². The highest BCUT2D eigenvalue weighted by Gasteiger charge is 2.17. The van der Waals surface area contributed by atoms with Gasteiger partial charge < -0.3 is 10.0 Å². The van der Waals surface area contributed by atoms with Gasteiger partial charge in [-0.2, -0.15) is 0 Å². The molecule has 1 rings (SSSR count). The Kier molecular flexibility index (Phi) is 5.64. The number of unbranched alkanes of at least 4 members (excludes halogenated alkanes) is 1. The number of amides is 1. The number of carboxylic acid groups (broad SMARTS) is 1. The second-order valence-electron chi connectivity index (χ2n) is 3.89. The second kappa shape index (κ2) is 7.27. The van der Waals surface area contributed by atoms with Crippen LogP contribution in [-0.4, -0.2) is 23.5 Å². The van der Waals surface area contributed by atoms with Crippen molar-refractivity contribution in [3.63, 3.8) is 0 Å². The molecule has 0 heterocycles. The van der Waals surface area contributed by atoms with Gasteiger partial charge in [-0.05, 0) is 25.0 Å². The SMILES string of the molecule is C=CCCCC(=O)N(CC(=O)O)c1ccccc1. The number of hydrogen-bond acceptors (Lipinski definition) is 2. The highest BCUT2D eigenvalue weighted by atomic mass is 16.4. The molecule has 0 aliphatic rings. The summed E-state index contributed by atoms with van der Waals surface area (Å²) in [5.74, 6) is -1.19. The monoisotopic (exact) mass is 247 g/mol. The number of rotatable bonds is 7. The first-order chi connectivity index (χ1) is 8.65. The van der Waals surface area contributed by atoms with E-state index >= 15 is 0 Å². The number of anilines is 1. The lowest BCUT2D eigenvalue weighted by Gasteiger charge is -2.20. The van der Waals surface area contributed by atoms with Crippen LogP contribution < -0.4 is 4.90 Å². The smallest absolute Gasteiger partial charge is 0.323 e. The standard InChI is InChI=1S/C14H17NO3/c1-2-3-5-10-13(16)15(11-14(17)18)12-8-6-4-7-9-12/h2,4,6-9H,1,3,5,10-11H2,(H,17,18). The number of nitrogens with zero attached hydrogens (tertiary/aromatic N) is 1. The van der Waals surface area contributed by atoms with Crippen LogP contribution in [0, 0.1) is 0 Å². The fraction of sp³-hybridized carbons (Fsp3) is 0.286. The quantitative estimate of drug-likeness (QED) is 0.594. The van der Waals surface area contributed by atoms with E-state index in [-0.39, 0.29) is 12.5 Å². The molecule has 4 nitrogen and oxygen atoms in total. The summed E-state index contributed by atoms with van der Waals surface area (Å²) < 4.78 is 0. The van der Waals surface area contributed by atoms with E-state index in [1.165, 1.54) is 4.90 Å². The predicted molar refractivity (Wildman–Crippen MR) is 70.5 cm³/mol. The van der Waals surface area contributed by atoms with Crippen LogP contribution in [0.3, 0.4) is 0 Å². The van der Waals surface area contributed by atoms with Crippen LogP contribution in [-0.2, 0) is 9.59 Å². The molecule has 1 N–H and O–H groups in total.